The van der Waals surface area contributed by atoms with Crippen LogP contribution in [0.4, 0.5) is 10.5 Å². The van der Waals surface area contributed by atoms with Crippen molar-refractivity contribution in [2.24, 2.45) is 0 Å². The Bertz CT molecular complexity index is 453. The summed E-state index contributed by atoms with van der Waals surface area (Å²) in [6, 6.07) is 5.09. The Morgan fingerprint density at radius 3 is 2.47 bits per heavy atom. The maximum atomic E-state index is 11.4. The van der Waals surface area contributed by atoms with E-state index in [9.17, 15) is 14.9 Å². The van der Waals surface area contributed by atoms with Crippen LogP contribution in [-0.4, -0.2) is 37.2 Å². The van der Waals surface area contributed by atoms with Gasteiger partial charge in [-0.25, -0.2) is 4.79 Å². The van der Waals surface area contributed by atoms with Crippen LogP contribution in [0.2, 0.25) is 0 Å². The highest BCUT2D eigenvalue weighted by molar-refractivity contribution is 5.64. The first-order valence-corrected chi connectivity index (χ1v) is 5.43. The molecule has 1 aliphatic heterocycles. The summed E-state index contributed by atoms with van der Waals surface area (Å²) in [5.74, 6) is 0.160. The molecule has 1 heterocycles. The minimum atomic E-state index is -0.909. The van der Waals surface area contributed by atoms with Gasteiger partial charge in [0, 0.05) is 12.1 Å². The number of ether oxygens (including phenoxy) is 4. The van der Waals surface area contributed by atoms with Crippen LogP contribution in [0.1, 0.15) is 0 Å². The van der Waals surface area contributed by atoms with Crippen LogP contribution in [0.25, 0.3) is 0 Å². The van der Waals surface area contributed by atoms with Crippen LogP contribution in [-0.2, 0) is 14.2 Å². The molecule has 19 heavy (non-hydrogen) atoms. The molecule has 0 radical (unpaired) electrons. The highest BCUT2D eigenvalue weighted by atomic mass is 16.8. The summed E-state index contributed by atoms with van der Waals surface area (Å²) in [7, 11) is 0. The molecule has 0 aliphatic carbocycles. The third kappa shape index (κ3) is 3.90. The molecule has 1 aromatic carbocycles. The molecule has 0 saturated carbocycles. The van der Waals surface area contributed by atoms with E-state index < -0.39 is 17.2 Å². The van der Waals surface area contributed by atoms with Gasteiger partial charge in [0.05, 0.1) is 18.1 Å². The lowest BCUT2D eigenvalue weighted by molar-refractivity contribution is -0.384. The molecule has 0 amide bonds. The first-order chi connectivity index (χ1) is 9.15. The van der Waals surface area contributed by atoms with E-state index >= 15 is 0 Å². The van der Waals surface area contributed by atoms with Gasteiger partial charge in [0.2, 0.25) is 0 Å². The van der Waals surface area contributed by atoms with Crippen molar-refractivity contribution in [3.63, 3.8) is 0 Å². The fourth-order valence-corrected chi connectivity index (χ4v) is 1.43. The number of non-ortho nitro benzene ring substituents is 1. The first-order valence-electron chi connectivity index (χ1n) is 5.43. The number of nitrogens with zero attached hydrogens (tertiary/aromatic N) is 1. The van der Waals surface area contributed by atoms with E-state index in [1.165, 1.54) is 24.3 Å². The van der Waals surface area contributed by atoms with E-state index in [-0.39, 0.29) is 31.4 Å². The van der Waals surface area contributed by atoms with Crippen molar-refractivity contribution < 1.29 is 28.7 Å². The van der Waals surface area contributed by atoms with Crippen molar-refractivity contribution in [1.29, 1.82) is 0 Å². The molecule has 0 unspecified atom stereocenters. The number of carbonyl (C=O) groups is 1. The van der Waals surface area contributed by atoms with E-state index in [0.717, 1.165) is 0 Å². The molecule has 8 nitrogen and oxygen atoms in total. The molecular weight excluding hydrogens is 258 g/mol. The summed E-state index contributed by atoms with van der Waals surface area (Å²) in [6.07, 6.45) is -1.42. The van der Waals surface area contributed by atoms with Gasteiger partial charge in [-0.3, -0.25) is 10.1 Å². The van der Waals surface area contributed by atoms with E-state index in [2.05, 4.69) is 0 Å². The Labute approximate surface area is 108 Å². The third-order valence-electron chi connectivity index (χ3n) is 2.29. The number of benzene rings is 1. The minimum absolute atomic E-state index is 0.0882. The fraction of sp³-hybridized carbons (Fsp3) is 0.364. The molecule has 1 saturated heterocycles. The monoisotopic (exact) mass is 269 g/mol. The van der Waals surface area contributed by atoms with Crippen LogP contribution in [0.3, 0.4) is 0 Å². The topological polar surface area (TPSA) is 97.1 Å². The largest absolute Gasteiger partial charge is 0.514 e. The van der Waals surface area contributed by atoms with Crippen molar-refractivity contribution >= 4 is 11.8 Å². The van der Waals surface area contributed by atoms with E-state index in [4.69, 9.17) is 18.9 Å². The normalized spacial score (nSPS) is 15.8. The zero-order valence-corrected chi connectivity index (χ0v) is 9.81. The van der Waals surface area contributed by atoms with Gasteiger partial charge in [0.1, 0.15) is 12.5 Å². The van der Waals surface area contributed by atoms with Gasteiger partial charge in [0.25, 0.3) is 5.69 Å². The number of hydrogen-bond acceptors (Lipinski definition) is 7. The SMILES string of the molecule is O=C(Oc1ccc([N+](=O)[O-])cc1)OC1COCOC1. The summed E-state index contributed by atoms with van der Waals surface area (Å²) in [4.78, 5) is 21.3. The Morgan fingerprint density at radius 2 is 1.89 bits per heavy atom. The molecule has 1 aliphatic rings. The predicted molar refractivity (Wildman–Crippen MR) is 60.8 cm³/mol. The molecule has 2 rings (SSSR count). The average Bonchev–Trinajstić information content (AvgIpc) is 2.40. The van der Waals surface area contributed by atoms with Crippen LogP contribution < -0.4 is 4.74 Å². The van der Waals surface area contributed by atoms with Gasteiger partial charge in [0.15, 0.2) is 6.10 Å². The van der Waals surface area contributed by atoms with Gasteiger partial charge in [-0.1, -0.05) is 0 Å². The Kier molecular flexibility index (Phi) is 4.26. The average molecular weight is 269 g/mol. The fourth-order valence-electron chi connectivity index (χ4n) is 1.43. The van der Waals surface area contributed by atoms with E-state index in [1.54, 1.807) is 0 Å². The van der Waals surface area contributed by atoms with Crippen LogP contribution in [0.5, 0.6) is 5.75 Å². The number of rotatable bonds is 3. The Hall–Kier alpha value is -2.19. The van der Waals surface area contributed by atoms with Gasteiger partial charge in [-0.2, -0.15) is 0 Å². The van der Waals surface area contributed by atoms with Gasteiger partial charge in [-0.05, 0) is 12.1 Å². The lowest BCUT2D eigenvalue weighted by Gasteiger charge is -2.21. The first kappa shape index (κ1) is 13.2. The maximum absolute atomic E-state index is 11.4. The number of hydrogen-bond donors (Lipinski definition) is 0. The van der Waals surface area contributed by atoms with Gasteiger partial charge >= 0.3 is 6.16 Å². The number of nitro groups is 1. The molecule has 0 aromatic heterocycles. The second-order valence-corrected chi connectivity index (χ2v) is 3.70. The quantitative estimate of drug-likeness (QED) is 0.355. The second kappa shape index (κ2) is 6.12. The smallest absolute Gasteiger partial charge is 0.426 e. The molecule has 1 aromatic rings. The number of nitro benzene ring substituents is 1. The van der Waals surface area contributed by atoms with Crippen LogP contribution >= 0.6 is 0 Å². The summed E-state index contributed by atoms with van der Waals surface area (Å²) in [5, 5.41) is 10.4. The molecule has 0 N–H and O–H groups in total. The van der Waals surface area contributed by atoms with Crippen LogP contribution in [0, 0.1) is 10.1 Å². The highest BCUT2D eigenvalue weighted by Crippen LogP contribution is 2.18. The molecule has 102 valence electrons. The lowest BCUT2D eigenvalue weighted by Crippen LogP contribution is -2.34. The van der Waals surface area contributed by atoms with Gasteiger partial charge < -0.3 is 18.9 Å². The predicted octanol–water partition coefficient (Wildman–Crippen LogP) is 1.48. The standard InChI is InChI=1S/C11H11NO7/c13-11(19-10-5-16-7-17-6-10)18-9-3-1-8(2-4-9)12(14)15/h1-4,10H,5-7H2. The zero-order chi connectivity index (χ0) is 13.7. The summed E-state index contributed by atoms with van der Waals surface area (Å²) in [6.45, 7) is 0.669. The van der Waals surface area contributed by atoms with Crippen molar-refractivity contribution in [1.82, 2.24) is 0 Å². The van der Waals surface area contributed by atoms with Crippen molar-refractivity contribution in [2.45, 2.75) is 6.10 Å². The number of carbonyl (C=O) groups excluding carboxylic acids is 1. The molecule has 0 bridgehead atoms. The molecule has 1 fully saturated rings. The maximum Gasteiger partial charge on any atom is 0.514 e. The van der Waals surface area contributed by atoms with Crippen LogP contribution in [0.15, 0.2) is 24.3 Å². The van der Waals surface area contributed by atoms with Crippen molar-refractivity contribution in [2.75, 3.05) is 20.0 Å². The summed E-state index contributed by atoms with van der Waals surface area (Å²) < 4.78 is 19.7. The lowest BCUT2D eigenvalue weighted by atomic mass is 10.3. The third-order valence-corrected chi connectivity index (χ3v) is 2.29. The molecule has 8 heteroatoms. The highest BCUT2D eigenvalue weighted by Gasteiger charge is 2.20. The Morgan fingerprint density at radius 1 is 1.26 bits per heavy atom. The minimum Gasteiger partial charge on any atom is -0.426 e. The van der Waals surface area contributed by atoms with Crippen molar-refractivity contribution in [3.05, 3.63) is 34.4 Å². The van der Waals surface area contributed by atoms with Gasteiger partial charge in [-0.15, -0.1) is 0 Å². The molecular formula is C11H11NO7. The molecule has 0 spiro atoms. The zero-order valence-electron chi connectivity index (χ0n) is 9.81. The summed E-state index contributed by atoms with van der Waals surface area (Å²) in [5.41, 5.74) is -0.0882. The Balaban J connectivity index is 1.85. The van der Waals surface area contributed by atoms with E-state index in [0.29, 0.717) is 0 Å². The summed E-state index contributed by atoms with van der Waals surface area (Å²) >= 11 is 0. The second-order valence-electron chi connectivity index (χ2n) is 3.70. The van der Waals surface area contributed by atoms with E-state index in [1.807, 2.05) is 0 Å². The molecule has 0 atom stereocenters. The van der Waals surface area contributed by atoms with Crippen molar-refractivity contribution in [3.8, 4) is 5.75 Å².